The highest BCUT2D eigenvalue weighted by Crippen LogP contribution is 2.12. The molecule has 18 heavy (non-hydrogen) atoms. The summed E-state index contributed by atoms with van der Waals surface area (Å²) in [4.78, 5) is 12.0. The maximum atomic E-state index is 12.0. The number of aromatic nitrogens is 2. The van der Waals surface area contributed by atoms with Crippen LogP contribution in [0.4, 0.5) is 0 Å². The van der Waals surface area contributed by atoms with Crippen LogP contribution in [0.25, 0.3) is 6.08 Å². The number of ketones is 1. The molecule has 0 saturated carbocycles. The summed E-state index contributed by atoms with van der Waals surface area (Å²) in [5, 5.41) is 4.05. The van der Waals surface area contributed by atoms with Gasteiger partial charge in [-0.25, -0.2) is 0 Å². The molecule has 0 amide bonds. The Morgan fingerprint density at radius 1 is 1.33 bits per heavy atom. The third kappa shape index (κ3) is 2.74. The molecule has 0 spiro atoms. The fraction of sp³-hybridized carbons (Fsp3) is 0.200. The second-order valence-electron chi connectivity index (χ2n) is 4.46. The Hall–Kier alpha value is -2.16. The minimum Gasteiger partial charge on any atom is -0.289 e. The second-order valence-corrected chi connectivity index (χ2v) is 4.46. The third-order valence-electron chi connectivity index (χ3n) is 2.80. The number of aryl methyl sites for hydroxylation is 3. The molecule has 0 unspecified atom stereocenters. The van der Waals surface area contributed by atoms with Gasteiger partial charge in [0.2, 0.25) is 0 Å². The zero-order chi connectivity index (χ0) is 13.1. The lowest BCUT2D eigenvalue weighted by molar-refractivity contribution is 0.104. The number of rotatable bonds is 3. The van der Waals surface area contributed by atoms with E-state index in [4.69, 9.17) is 0 Å². The summed E-state index contributed by atoms with van der Waals surface area (Å²) in [5.74, 6) is 0.0244. The van der Waals surface area contributed by atoms with Crippen LogP contribution in [0.2, 0.25) is 0 Å². The molecule has 3 nitrogen and oxygen atoms in total. The predicted molar refractivity (Wildman–Crippen MR) is 72.5 cm³/mol. The van der Waals surface area contributed by atoms with Gasteiger partial charge in [-0.15, -0.1) is 0 Å². The van der Waals surface area contributed by atoms with Gasteiger partial charge >= 0.3 is 0 Å². The van der Waals surface area contributed by atoms with Crippen LogP contribution in [-0.2, 0) is 7.05 Å². The summed E-state index contributed by atoms with van der Waals surface area (Å²) in [7, 11) is 1.85. The summed E-state index contributed by atoms with van der Waals surface area (Å²) in [6, 6.07) is 5.85. The molecule has 0 aliphatic rings. The molecule has 0 fully saturated rings. The molecule has 0 aliphatic carbocycles. The Labute approximate surface area is 107 Å². The normalized spacial score (nSPS) is 11.1. The quantitative estimate of drug-likeness (QED) is 0.610. The number of hydrogen-bond acceptors (Lipinski definition) is 2. The summed E-state index contributed by atoms with van der Waals surface area (Å²) in [6.07, 6.45) is 6.97. The molecule has 0 atom stereocenters. The van der Waals surface area contributed by atoms with E-state index in [9.17, 15) is 4.79 Å². The zero-order valence-corrected chi connectivity index (χ0v) is 10.8. The van der Waals surface area contributed by atoms with Gasteiger partial charge in [0.15, 0.2) is 5.78 Å². The molecule has 92 valence electrons. The van der Waals surface area contributed by atoms with Gasteiger partial charge in [0.1, 0.15) is 0 Å². The van der Waals surface area contributed by atoms with E-state index in [1.54, 1.807) is 23.0 Å². The van der Waals surface area contributed by atoms with Crippen molar-refractivity contribution in [1.29, 1.82) is 0 Å². The van der Waals surface area contributed by atoms with E-state index in [2.05, 4.69) is 5.10 Å². The fourth-order valence-corrected chi connectivity index (χ4v) is 1.88. The van der Waals surface area contributed by atoms with Crippen LogP contribution in [0.1, 0.15) is 27.0 Å². The Balaban J connectivity index is 2.19. The van der Waals surface area contributed by atoms with Crippen LogP contribution >= 0.6 is 0 Å². The molecular weight excluding hydrogens is 224 g/mol. The van der Waals surface area contributed by atoms with Crippen LogP contribution in [0.15, 0.2) is 36.7 Å². The summed E-state index contributed by atoms with van der Waals surface area (Å²) < 4.78 is 1.71. The highest BCUT2D eigenvalue weighted by atomic mass is 16.1. The Morgan fingerprint density at radius 2 is 2.11 bits per heavy atom. The standard InChI is InChI=1S/C15H16N2O/c1-11-4-6-14(12(2)8-11)15(18)7-5-13-9-16-17(3)10-13/h4-10H,1-3H3/b7-5-. The number of nitrogens with zero attached hydrogens (tertiary/aromatic N) is 2. The monoisotopic (exact) mass is 240 g/mol. The number of carbonyl (C=O) groups is 1. The van der Waals surface area contributed by atoms with Crippen molar-refractivity contribution in [1.82, 2.24) is 9.78 Å². The van der Waals surface area contributed by atoms with Crippen molar-refractivity contribution in [2.45, 2.75) is 13.8 Å². The predicted octanol–water partition coefficient (Wildman–Crippen LogP) is 2.93. The first-order chi connectivity index (χ1) is 8.56. The van der Waals surface area contributed by atoms with Gasteiger partial charge in [0.25, 0.3) is 0 Å². The Kier molecular flexibility index (Phi) is 3.42. The number of hydrogen-bond donors (Lipinski definition) is 0. The fourth-order valence-electron chi connectivity index (χ4n) is 1.88. The topological polar surface area (TPSA) is 34.9 Å². The number of carbonyl (C=O) groups excluding carboxylic acids is 1. The average Bonchev–Trinajstić information content (AvgIpc) is 2.72. The second kappa shape index (κ2) is 5.00. The highest BCUT2D eigenvalue weighted by molar-refractivity contribution is 6.07. The molecule has 0 bridgehead atoms. The molecule has 1 aromatic carbocycles. The first kappa shape index (κ1) is 12.3. The lowest BCUT2D eigenvalue weighted by atomic mass is 10.0. The Morgan fingerprint density at radius 3 is 2.72 bits per heavy atom. The van der Waals surface area contributed by atoms with E-state index in [1.807, 2.05) is 45.3 Å². The maximum absolute atomic E-state index is 12.0. The first-order valence-electron chi connectivity index (χ1n) is 5.84. The smallest absolute Gasteiger partial charge is 0.186 e. The minimum absolute atomic E-state index is 0.0244. The number of allylic oxidation sites excluding steroid dienone is 1. The van der Waals surface area contributed by atoms with E-state index >= 15 is 0 Å². The molecule has 3 heteroatoms. The largest absolute Gasteiger partial charge is 0.289 e. The Bertz CT molecular complexity index is 609. The molecule has 2 aromatic rings. The van der Waals surface area contributed by atoms with Crippen molar-refractivity contribution in [3.63, 3.8) is 0 Å². The van der Waals surface area contributed by atoms with Crippen molar-refractivity contribution in [2.24, 2.45) is 7.05 Å². The van der Waals surface area contributed by atoms with Gasteiger partial charge in [-0.1, -0.05) is 23.8 Å². The van der Waals surface area contributed by atoms with Gasteiger partial charge in [-0.2, -0.15) is 5.10 Å². The van der Waals surface area contributed by atoms with Crippen molar-refractivity contribution in [3.8, 4) is 0 Å². The third-order valence-corrected chi connectivity index (χ3v) is 2.80. The van der Waals surface area contributed by atoms with E-state index in [0.717, 1.165) is 16.7 Å². The van der Waals surface area contributed by atoms with Crippen molar-refractivity contribution < 1.29 is 4.79 Å². The van der Waals surface area contributed by atoms with E-state index in [1.165, 1.54) is 5.56 Å². The molecule has 0 radical (unpaired) electrons. The van der Waals surface area contributed by atoms with Crippen molar-refractivity contribution in [3.05, 3.63) is 58.9 Å². The number of benzene rings is 1. The highest BCUT2D eigenvalue weighted by Gasteiger charge is 2.05. The van der Waals surface area contributed by atoms with Gasteiger partial charge in [0, 0.05) is 24.4 Å². The van der Waals surface area contributed by atoms with E-state index in [0.29, 0.717) is 0 Å². The van der Waals surface area contributed by atoms with Gasteiger partial charge < -0.3 is 0 Å². The van der Waals surface area contributed by atoms with E-state index in [-0.39, 0.29) is 5.78 Å². The summed E-state index contributed by atoms with van der Waals surface area (Å²) >= 11 is 0. The molecule has 2 rings (SSSR count). The molecule has 1 aromatic heterocycles. The molecule has 0 aliphatic heterocycles. The summed E-state index contributed by atoms with van der Waals surface area (Å²) in [5.41, 5.74) is 3.85. The lowest BCUT2D eigenvalue weighted by Crippen LogP contribution is -1.97. The zero-order valence-electron chi connectivity index (χ0n) is 10.8. The van der Waals surface area contributed by atoms with Crippen LogP contribution < -0.4 is 0 Å². The van der Waals surface area contributed by atoms with Crippen LogP contribution in [0.3, 0.4) is 0 Å². The SMILES string of the molecule is Cc1ccc(C(=O)/C=C\c2cnn(C)c2)c(C)c1. The van der Waals surface area contributed by atoms with Gasteiger partial charge in [-0.3, -0.25) is 9.48 Å². The van der Waals surface area contributed by atoms with Crippen LogP contribution in [-0.4, -0.2) is 15.6 Å². The molecule has 0 saturated heterocycles. The molecular formula is C15H16N2O. The average molecular weight is 240 g/mol. The maximum Gasteiger partial charge on any atom is 0.186 e. The molecule has 0 N–H and O–H groups in total. The summed E-state index contributed by atoms with van der Waals surface area (Å²) in [6.45, 7) is 3.98. The van der Waals surface area contributed by atoms with Crippen LogP contribution in [0, 0.1) is 13.8 Å². The van der Waals surface area contributed by atoms with Gasteiger partial charge in [-0.05, 0) is 31.6 Å². The molecule has 1 heterocycles. The van der Waals surface area contributed by atoms with Crippen LogP contribution in [0.5, 0.6) is 0 Å². The minimum atomic E-state index is 0.0244. The van der Waals surface area contributed by atoms with E-state index < -0.39 is 0 Å². The first-order valence-corrected chi connectivity index (χ1v) is 5.84. The van der Waals surface area contributed by atoms with Gasteiger partial charge in [0.05, 0.1) is 6.20 Å². The lowest BCUT2D eigenvalue weighted by Gasteiger charge is -2.02. The van der Waals surface area contributed by atoms with Crippen molar-refractivity contribution >= 4 is 11.9 Å². The van der Waals surface area contributed by atoms with Crippen molar-refractivity contribution in [2.75, 3.05) is 0 Å².